The maximum absolute atomic E-state index is 13.4. The van der Waals surface area contributed by atoms with Gasteiger partial charge < -0.3 is 9.64 Å². The van der Waals surface area contributed by atoms with Gasteiger partial charge in [0.2, 0.25) is 0 Å². The molecule has 0 bridgehead atoms. The molecule has 0 saturated carbocycles. The molecule has 1 aliphatic rings. The number of aryl methyl sites for hydroxylation is 1. The fraction of sp³-hybridized carbons (Fsp3) is 0.167. The topological polar surface area (TPSA) is 81.5 Å². The molecule has 3 heterocycles. The van der Waals surface area contributed by atoms with Crippen molar-refractivity contribution in [3.05, 3.63) is 74.1 Å². The van der Waals surface area contributed by atoms with Crippen LogP contribution in [0.1, 0.15) is 15.2 Å². The number of hydrogen-bond donors (Lipinski definition) is 0. The summed E-state index contributed by atoms with van der Waals surface area (Å²) in [5.74, 6) is 0.0951. The summed E-state index contributed by atoms with van der Waals surface area (Å²) in [4.78, 5) is 45.9. The molecule has 7 nitrogen and oxygen atoms in total. The Morgan fingerprint density at radius 3 is 2.70 bits per heavy atom. The third-order valence-corrected chi connectivity index (χ3v) is 7.21. The molecule has 0 fully saturated rings. The van der Waals surface area contributed by atoms with Crippen molar-refractivity contribution < 1.29 is 14.3 Å². The second-order valence-corrected chi connectivity index (χ2v) is 9.86. The number of ether oxygens (including phenoxy) is 1. The van der Waals surface area contributed by atoms with E-state index in [1.165, 1.54) is 27.1 Å². The number of fused-ring (bicyclic) bond motifs is 2. The van der Waals surface area contributed by atoms with Gasteiger partial charge in [-0.1, -0.05) is 28.1 Å². The average Bonchev–Trinajstić information content (AvgIpc) is 3.15. The molecule has 9 heteroatoms. The highest BCUT2D eigenvalue weighted by Gasteiger charge is 2.24. The Kier molecular flexibility index (Phi) is 5.38. The first-order valence-electron chi connectivity index (χ1n) is 10.1. The number of aromatic nitrogens is 2. The van der Waals surface area contributed by atoms with Crippen LogP contribution in [-0.4, -0.2) is 34.9 Å². The van der Waals surface area contributed by atoms with Gasteiger partial charge in [0.05, 0.1) is 23.9 Å². The number of benzene rings is 2. The fourth-order valence-corrected chi connectivity index (χ4v) is 5.17. The highest BCUT2D eigenvalue weighted by molar-refractivity contribution is 9.10. The number of halogens is 1. The summed E-state index contributed by atoms with van der Waals surface area (Å²) in [7, 11) is 1.64. The van der Waals surface area contributed by atoms with Crippen LogP contribution in [0, 0.1) is 6.92 Å². The van der Waals surface area contributed by atoms with Gasteiger partial charge in [-0.2, -0.15) is 0 Å². The fourth-order valence-electron chi connectivity index (χ4n) is 3.91. The first-order valence-corrected chi connectivity index (χ1v) is 11.8. The number of carbonyl (C=O) groups is 2. The molecule has 33 heavy (non-hydrogen) atoms. The second-order valence-electron chi connectivity index (χ2n) is 7.75. The molecule has 0 saturated heterocycles. The summed E-state index contributed by atoms with van der Waals surface area (Å²) >= 11 is 4.90. The Balaban J connectivity index is 1.52. The van der Waals surface area contributed by atoms with Crippen molar-refractivity contribution in [2.45, 2.75) is 13.5 Å². The van der Waals surface area contributed by atoms with Crippen molar-refractivity contribution >= 4 is 54.9 Å². The van der Waals surface area contributed by atoms with Crippen molar-refractivity contribution in [1.82, 2.24) is 9.55 Å². The van der Waals surface area contributed by atoms with E-state index >= 15 is 0 Å². The highest BCUT2D eigenvalue weighted by atomic mass is 79.9. The lowest BCUT2D eigenvalue weighted by Gasteiger charge is -2.26. The van der Waals surface area contributed by atoms with E-state index in [2.05, 4.69) is 20.9 Å². The van der Waals surface area contributed by atoms with E-state index in [1.54, 1.807) is 25.2 Å². The zero-order valence-corrected chi connectivity index (χ0v) is 20.2. The molecule has 0 spiro atoms. The Labute approximate surface area is 201 Å². The Hall–Kier alpha value is -3.30. The Bertz CT molecular complexity index is 1490. The smallest absolute Gasteiger partial charge is 0.264 e. The van der Waals surface area contributed by atoms with E-state index in [1.807, 2.05) is 31.2 Å². The summed E-state index contributed by atoms with van der Waals surface area (Å²) in [6.07, 6.45) is 1.42. The summed E-state index contributed by atoms with van der Waals surface area (Å²) in [6.45, 7) is 1.78. The summed E-state index contributed by atoms with van der Waals surface area (Å²) in [6, 6.07) is 12.7. The molecular formula is C24H18BrN3O4S. The maximum atomic E-state index is 13.4. The molecule has 2 aromatic carbocycles. The van der Waals surface area contributed by atoms with Gasteiger partial charge in [-0.25, -0.2) is 4.98 Å². The normalized spacial score (nSPS) is 13.2. The van der Waals surface area contributed by atoms with Crippen molar-refractivity contribution in [3.63, 3.8) is 0 Å². The standard InChI is InChI=1S/C24H18BrN3O4S/c1-13-21(14-3-6-16(25)7-4-14)22-23(33-13)26-12-28(24(22)31)10-18(29)15-5-8-19-17(9-15)27(2)20(30)11-32-19/h3-9,12H,10-11H2,1-2H3. The lowest BCUT2D eigenvalue weighted by molar-refractivity contribution is -0.120. The van der Waals surface area contributed by atoms with Gasteiger partial charge in [0.1, 0.15) is 10.6 Å². The van der Waals surface area contributed by atoms with Crippen LogP contribution in [0.4, 0.5) is 5.69 Å². The van der Waals surface area contributed by atoms with E-state index in [-0.39, 0.29) is 30.4 Å². The maximum Gasteiger partial charge on any atom is 0.264 e. The van der Waals surface area contributed by atoms with Gasteiger partial charge in [0.15, 0.2) is 12.4 Å². The average molecular weight is 524 g/mol. The minimum absolute atomic E-state index is 0.0291. The zero-order valence-electron chi connectivity index (χ0n) is 17.8. The van der Waals surface area contributed by atoms with Crippen molar-refractivity contribution in [1.29, 1.82) is 0 Å². The molecule has 2 aromatic heterocycles. The molecule has 166 valence electrons. The number of Topliss-reactive ketones (excluding diaryl/α,β-unsaturated/α-hetero) is 1. The monoisotopic (exact) mass is 523 g/mol. The van der Waals surface area contributed by atoms with Gasteiger partial charge in [-0.3, -0.25) is 19.0 Å². The predicted molar refractivity (Wildman–Crippen MR) is 131 cm³/mol. The number of anilines is 1. The van der Waals surface area contributed by atoms with Crippen LogP contribution >= 0.6 is 27.3 Å². The van der Waals surface area contributed by atoms with Crippen LogP contribution in [-0.2, 0) is 11.3 Å². The first-order chi connectivity index (χ1) is 15.8. The van der Waals surface area contributed by atoms with Gasteiger partial charge in [0.25, 0.3) is 11.5 Å². The van der Waals surface area contributed by atoms with Crippen molar-refractivity contribution in [2.24, 2.45) is 0 Å². The summed E-state index contributed by atoms with van der Waals surface area (Å²) in [5.41, 5.74) is 2.42. The van der Waals surface area contributed by atoms with E-state index in [9.17, 15) is 14.4 Å². The molecule has 0 radical (unpaired) electrons. The third kappa shape index (κ3) is 3.77. The minimum atomic E-state index is -0.260. The number of likely N-dealkylation sites (N-methyl/N-ethyl adjacent to an activating group) is 1. The molecule has 1 aliphatic heterocycles. The van der Waals surface area contributed by atoms with Gasteiger partial charge in [-0.15, -0.1) is 11.3 Å². The Morgan fingerprint density at radius 1 is 1.18 bits per heavy atom. The molecule has 4 aromatic rings. The van der Waals surface area contributed by atoms with E-state index in [0.29, 0.717) is 27.2 Å². The van der Waals surface area contributed by atoms with Crippen LogP contribution in [0.15, 0.2) is 58.1 Å². The van der Waals surface area contributed by atoms with E-state index in [0.717, 1.165) is 20.5 Å². The molecule has 0 atom stereocenters. The molecule has 0 unspecified atom stereocenters. The number of rotatable bonds is 4. The van der Waals surface area contributed by atoms with E-state index < -0.39 is 0 Å². The minimum Gasteiger partial charge on any atom is -0.482 e. The quantitative estimate of drug-likeness (QED) is 0.369. The SMILES string of the molecule is Cc1sc2ncn(CC(=O)c3ccc4c(c3)N(C)C(=O)CO4)c(=O)c2c1-c1ccc(Br)cc1. The molecule has 5 rings (SSSR count). The van der Waals surface area contributed by atoms with Crippen molar-refractivity contribution in [3.8, 4) is 16.9 Å². The number of nitrogens with zero attached hydrogens (tertiary/aromatic N) is 3. The zero-order chi connectivity index (χ0) is 23.3. The van der Waals surface area contributed by atoms with Gasteiger partial charge in [-0.05, 0) is 42.8 Å². The number of ketones is 1. The summed E-state index contributed by atoms with van der Waals surface area (Å²) < 4.78 is 7.71. The molecule has 0 N–H and O–H groups in total. The number of thiophene rings is 1. The van der Waals surface area contributed by atoms with Crippen LogP contribution in [0.25, 0.3) is 21.3 Å². The number of amides is 1. The van der Waals surface area contributed by atoms with E-state index in [4.69, 9.17) is 4.74 Å². The molecule has 1 amide bonds. The van der Waals surface area contributed by atoms with Crippen LogP contribution < -0.4 is 15.2 Å². The predicted octanol–water partition coefficient (Wildman–Crippen LogP) is 4.43. The van der Waals surface area contributed by atoms with Crippen molar-refractivity contribution in [2.75, 3.05) is 18.6 Å². The van der Waals surface area contributed by atoms with Crippen LogP contribution in [0.5, 0.6) is 5.75 Å². The largest absolute Gasteiger partial charge is 0.482 e. The molecular weight excluding hydrogens is 506 g/mol. The number of hydrogen-bond acceptors (Lipinski definition) is 6. The van der Waals surface area contributed by atoms with Gasteiger partial charge >= 0.3 is 0 Å². The lowest BCUT2D eigenvalue weighted by Crippen LogP contribution is -2.35. The Morgan fingerprint density at radius 2 is 1.94 bits per heavy atom. The lowest BCUT2D eigenvalue weighted by atomic mass is 10.0. The van der Waals surface area contributed by atoms with Gasteiger partial charge in [0, 0.05) is 27.5 Å². The second kappa shape index (κ2) is 8.24. The summed E-state index contributed by atoms with van der Waals surface area (Å²) in [5, 5.41) is 0.513. The number of carbonyl (C=O) groups excluding carboxylic acids is 2. The van der Waals surface area contributed by atoms with Crippen LogP contribution in [0.3, 0.4) is 0 Å². The highest BCUT2D eigenvalue weighted by Crippen LogP contribution is 2.36. The van der Waals surface area contributed by atoms with Crippen LogP contribution in [0.2, 0.25) is 0 Å². The first kappa shape index (κ1) is 21.5. The third-order valence-electron chi connectivity index (χ3n) is 5.67. The molecule has 0 aliphatic carbocycles.